The third-order valence-corrected chi connectivity index (χ3v) is 5.47. The minimum Gasteiger partial charge on any atom is -0.348 e. The zero-order chi connectivity index (χ0) is 20.1. The van der Waals surface area contributed by atoms with Crippen molar-refractivity contribution >= 4 is 11.6 Å². The molecule has 2 aromatic rings. The number of hydrogen-bond donors (Lipinski definition) is 1. The molecule has 1 N–H and O–H groups in total. The van der Waals surface area contributed by atoms with E-state index in [9.17, 15) is 14.9 Å². The van der Waals surface area contributed by atoms with E-state index in [0.717, 1.165) is 18.7 Å². The third-order valence-electron chi connectivity index (χ3n) is 5.47. The minimum atomic E-state index is -0.457. The first kappa shape index (κ1) is 20.0. The smallest absolute Gasteiger partial charge is 0.269 e. The molecule has 2 aromatic carbocycles. The highest BCUT2D eigenvalue weighted by Crippen LogP contribution is 2.20. The Bertz CT molecular complexity index is 849. The number of non-ortho nitro benzene ring substituents is 1. The quantitative estimate of drug-likeness (QED) is 0.601. The Hall–Kier alpha value is -2.73. The molecular weight excluding hydrogens is 354 g/mol. The van der Waals surface area contributed by atoms with E-state index in [2.05, 4.69) is 29.3 Å². The van der Waals surface area contributed by atoms with Crippen molar-refractivity contribution in [3.05, 3.63) is 74.8 Å². The second-order valence-electron chi connectivity index (χ2n) is 7.57. The Morgan fingerprint density at radius 2 is 1.89 bits per heavy atom. The highest BCUT2D eigenvalue weighted by atomic mass is 16.6. The van der Waals surface area contributed by atoms with Crippen LogP contribution >= 0.6 is 0 Å². The first-order chi connectivity index (χ1) is 13.4. The van der Waals surface area contributed by atoms with Crippen LogP contribution in [0.3, 0.4) is 0 Å². The fourth-order valence-corrected chi connectivity index (χ4v) is 3.68. The van der Waals surface area contributed by atoms with Crippen LogP contribution in [-0.2, 0) is 13.1 Å². The summed E-state index contributed by atoms with van der Waals surface area (Å²) in [4.78, 5) is 25.3. The fourth-order valence-electron chi connectivity index (χ4n) is 3.68. The van der Waals surface area contributed by atoms with Crippen molar-refractivity contribution in [3.8, 4) is 0 Å². The fraction of sp³-hybridized carbons (Fsp3) is 0.409. The molecule has 1 heterocycles. The molecule has 6 nitrogen and oxygen atoms in total. The summed E-state index contributed by atoms with van der Waals surface area (Å²) in [6, 6.07) is 13.3. The Balaban J connectivity index is 1.56. The van der Waals surface area contributed by atoms with E-state index < -0.39 is 4.92 Å². The van der Waals surface area contributed by atoms with Crippen LogP contribution in [0, 0.1) is 17.0 Å². The number of carbonyl (C=O) groups is 1. The van der Waals surface area contributed by atoms with Gasteiger partial charge < -0.3 is 5.32 Å². The summed E-state index contributed by atoms with van der Waals surface area (Å²) < 4.78 is 0. The van der Waals surface area contributed by atoms with Gasteiger partial charge in [-0.3, -0.25) is 19.8 Å². The lowest BCUT2D eigenvalue weighted by atomic mass is 10.0. The van der Waals surface area contributed by atoms with Gasteiger partial charge in [0.25, 0.3) is 11.6 Å². The topological polar surface area (TPSA) is 75.5 Å². The monoisotopic (exact) mass is 381 g/mol. The molecule has 0 spiro atoms. The van der Waals surface area contributed by atoms with Gasteiger partial charge in [-0.05, 0) is 56.0 Å². The van der Waals surface area contributed by atoms with Crippen LogP contribution in [-0.4, -0.2) is 28.3 Å². The van der Waals surface area contributed by atoms with Crippen LogP contribution in [0.5, 0.6) is 0 Å². The van der Waals surface area contributed by atoms with Crippen molar-refractivity contribution in [3.63, 3.8) is 0 Å². The van der Waals surface area contributed by atoms with Crippen molar-refractivity contribution in [2.45, 2.75) is 52.2 Å². The maximum Gasteiger partial charge on any atom is 0.269 e. The molecule has 0 bridgehead atoms. The Labute approximate surface area is 165 Å². The molecule has 0 aliphatic carbocycles. The van der Waals surface area contributed by atoms with E-state index in [1.54, 1.807) is 6.92 Å². The second-order valence-corrected chi connectivity index (χ2v) is 7.57. The molecule has 0 aromatic heterocycles. The van der Waals surface area contributed by atoms with Gasteiger partial charge in [-0.15, -0.1) is 0 Å². The number of nitrogens with zero attached hydrogens (tertiary/aromatic N) is 2. The molecule has 1 aliphatic heterocycles. The number of benzene rings is 2. The maximum absolute atomic E-state index is 12.4. The zero-order valence-electron chi connectivity index (χ0n) is 16.5. The predicted molar refractivity (Wildman–Crippen MR) is 109 cm³/mol. The van der Waals surface area contributed by atoms with Crippen molar-refractivity contribution in [1.82, 2.24) is 10.2 Å². The SMILES string of the molecule is Cc1cc([N+](=O)[O-])ccc1C(=O)NCc1ccc(CN2CCCCC2C)cc1. The molecule has 1 aliphatic rings. The van der Waals surface area contributed by atoms with Gasteiger partial charge in [-0.25, -0.2) is 0 Å². The van der Waals surface area contributed by atoms with Gasteiger partial charge in [0.15, 0.2) is 0 Å². The van der Waals surface area contributed by atoms with E-state index in [1.807, 2.05) is 12.1 Å². The first-order valence-electron chi connectivity index (χ1n) is 9.79. The summed E-state index contributed by atoms with van der Waals surface area (Å²) in [7, 11) is 0. The van der Waals surface area contributed by atoms with Crippen LogP contribution in [0.4, 0.5) is 5.69 Å². The average molecular weight is 381 g/mol. The average Bonchev–Trinajstić information content (AvgIpc) is 2.69. The van der Waals surface area contributed by atoms with Gasteiger partial charge in [-0.2, -0.15) is 0 Å². The number of hydrogen-bond acceptors (Lipinski definition) is 4. The summed E-state index contributed by atoms with van der Waals surface area (Å²) in [6.07, 6.45) is 3.87. The van der Waals surface area contributed by atoms with E-state index >= 15 is 0 Å². The number of piperidine rings is 1. The van der Waals surface area contributed by atoms with E-state index in [1.165, 1.54) is 43.0 Å². The number of nitrogens with one attached hydrogen (secondary N) is 1. The lowest BCUT2D eigenvalue weighted by Gasteiger charge is -2.33. The molecule has 28 heavy (non-hydrogen) atoms. The van der Waals surface area contributed by atoms with E-state index in [-0.39, 0.29) is 11.6 Å². The second kappa shape index (κ2) is 8.97. The number of likely N-dealkylation sites (tertiary alicyclic amines) is 1. The number of rotatable bonds is 6. The molecule has 6 heteroatoms. The molecule has 1 atom stereocenters. The van der Waals surface area contributed by atoms with Crippen LogP contribution in [0.15, 0.2) is 42.5 Å². The highest BCUT2D eigenvalue weighted by Gasteiger charge is 2.18. The van der Waals surface area contributed by atoms with Gasteiger partial charge in [0.05, 0.1) is 4.92 Å². The number of carbonyl (C=O) groups excluding carboxylic acids is 1. The molecule has 1 amide bonds. The minimum absolute atomic E-state index is 0.00679. The van der Waals surface area contributed by atoms with Crippen LogP contribution in [0.25, 0.3) is 0 Å². The summed E-state index contributed by atoms with van der Waals surface area (Å²) in [5.41, 5.74) is 3.37. The summed E-state index contributed by atoms with van der Waals surface area (Å²) >= 11 is 0. The van der Waals surface area contributed by atoms with Crippen LogP contribution < -0.4 is 5.32 Å². The van der Waals surface area contributed by atoms with Crippen LogP contribution in [0.1, 0.15) is 53.2 Å². The molecular formula is C22H27N3O3. The van der Waals surface area contributed by atoms with E-state index in [4.69, 9.17) is 0 Å². The molecule has 1 saturated heterocycles. The zero-order valence-corrected chi connectivity index (χ0v) is 16.5. The Morgan fingerprint density at radius 3 is 2.54 bits per heavy atom. The van der Waals surface area contributed by atoms with Crippen molar-refractivity contribution < 1.29 is 9.72 Å². The van der Waals surface area contributed by atoms with E-state index in [0.29, 0.717) is 23.7 Å². The Morgan fingerprint density at radius 1 is 1.18 bits per heavy atom. The lowest BCUT2D eigenvalue weighted by molar-refractivity contribution is -0.384. The van der Waals surface area contributed by atoms with Gasteiger partial charge in [-0.1, -0.05) is 30.7 Å². The molecule has 3 rings (SSSR count). The number of amides is 1. The highest BCUT2D eigenvalue weighted by molar-refractivity contribution is 5.95. The standard InChI is InChI=1S/C22H27N3O3/c1-16-13-20(25(27)28)10-11-21(16)22(26)23-14-18-6-8-19(9-7-18)15-24-12-4-3-5-17(24)2/h6-11,13,17H,3-5,12,14-15H2,1-2H3,(H,23,26). The maximum atomic E-state index is 12.4. The molecule has 0 radical (unpaired) electrons. The predicted octanol–water partition coefficient (Wildman–Crippen LogP) is 4.21. The van der Waals surface area contributed by atoms with Crippen LogP contribution in [0.2, 0.25) is 0 Å². The summed E-state index contributed by atoms with van der Waals surface area (Å²) in [5, 5.41) is 13.7. The number of aryl methyl sites for hydroxylation is 1. The first-order valence-corrected chi connectivity index (χ1v) is 9.79. The molecule has 148 valence electrons. The van der Waals surface area contributed by atoms with Gasteiger partial charge in [0, 0.05) is 36.8 Å². The normalized spacial score (nSPS) is 17.3. The van der Waals surface area contributed by atoms with Crippen molar-refractivity contribution in [2.75, 3.05) is 6.54 Å². The number of nitro groups is 1. The molecule has 0 saturated carbocycles. The lowest BCUT2D eigenvalue weighted by Crippen LogP contribution is -2.36. The third kappa shape index (κ3) is 4.95. The summed E-state index contributed by atoms with van der Waals surface area (Å²) in [5.74, 6) is -0.224. The van der Waals surface area contributed by atoms with Gasteiger partial charge in [0.2, 0.25) is 0 Å². The molecule has 1 unspecified atom stereocenters. The van der Waals surface area contributed by atoms with Crippen molar-refractivity contribution in [2.24, 2.45) is 0 Å². The Kier molecular flexibility index (Phi) is 6.41. The summed E-state index contributed by atoms with van der Waals surface area (Å²) in [6.45, 7) is 6.56. The number of nitro benzene ring substituents is 1. The van der Waals surface area contributed by atoms with Gasteiger partial charge >= 0.3 is 0 Å². The van der Waals surface area contributed by atoms with Gasteiger partial charge in [0.1, 0.15) is 0 Å². The molecule has 1 fully saturated rings. The largest absolute Gasteiger partial charge is 0.348 e. The van der Waals surface area contributed by atoms with Crippen molar-refractivity contribution in [1.29, 1.82) is 0 Å².